The van der Waals surface area contributed by atoms with Gasteiger partial charge in [0.05, 0.1) is 0 Å². The zero-order valence-corrected chi connectivity index (χ0v) is 13.0. The minimum atomic E-state index is -0.00676. The van der Waals surface area contributed by atoms with E-state index in [1.165, 1.54) is 5.71 Å². The monoisotopic (exact) mass is 394 g/mol. The van der Waals surface area contributed by atoms with Gasteiger partial charge in [-0.25, -0.2) is 0 Å². The number of rotatable bonds is 1. The van der Waals surface area contributed by atoms with Crippen LogP contribution in [0.3, 0.4) is 0 Å². The molecule has 0 saturated carbocycles. The quantitative estimate of drug-likeness (QED) is 0.463. The van der Waals surface area contributed by atoms with Crippen molar-refractivity contribution in [2.24, 2.45) is 14.0 Å². The van der Waals surface area contributed by atoms with Gasteiger partial charge in [-0.05, 0) is 0 Å². The number of nitrogens with zero attached hydrogens (tertiary/aromatic N) is 1. The van der Waals surface area contributed by atoms with Gasteiger partial charge in [0.2, 0.25) is 0 Å². The number of halogens is 2. The second kappa shape index (κ2) is 4.57. The fourth-order valence-electron chi connectivity index (χ4n) is 1.41. The summed E-state index contributed by atoms with van der Waals surface area (Å²) in [6.07, 6.45) is 0. The first-order chi connectivity index (χ1) is 5.19. The van der Waals surface area contributed by atoms with Crippen LogP contribution in [0.1, 0.15) is 41.5 Å². The van der Waals surface area contributed by atoms with Crippen molar-refractivity contribution in [2.75, 3.05) is 0 Å². The molecule has 0 amide bonds. The van der Waals surface area contributed by atoms with Gasteiger partial charge >= 0.3 is 97.4 Å². The summed E-state index contributed by atoms with van der Waals surface area (Å²) in [6.45, 7) is 13.5. The molecule has 0 atom stereocenters. The number of hydrogen-bond donors (Lipinski definition) is 0. The van der Waals surface area contributed by atoms with Crippen molar-refractivity contribution in [1.29, 1.82) is 0 Å². The first-order valence-electron chi connectivity index (χ1n) is 4.04. The van der Waals surface area contributed by atoms with Gasteiger partial charge in [-0.2, -0.15) is 0 Å². The van der Waals surface area contributed by atoms with Crippen molar-refractivity contribution in [3.8, 4) is 0 Å². The molecule has 0 unspecified atom stereocenters. The Morgan fingerprint density at radius 3 is 1.42 bits per heavy atom. The maximum absolute atomic E-state index is 4.68. The molecule has 0 rings (SSSR count). The van der Waals surface area contributed by atoms with Crippen LogP contribution in [0, 0.1) is 10.8 Å². The molecule has 1 nitrogen and oxygen atoms in total. The van der Waals surface area contributed by atoms with Crippen LogP contribution in [-0.2, 0) is 0 Å². The molecule has 0 aromatic carbocycles. The molecule has 12 heavy (non-hydrogen) atoms. The first-order valence-corrected chi connectivity index (χ1v) is 11.3. The normalized spacial score (nSPS) is 13.2. The van der Waals surface area contributed by atoms with Crippen LogP contribution in [0.25, 0.3) is 0 Å². The molecule has 0 spiro atoms. The molecule has 0 N–H and O–H groups in total. The Hall–Kier alpha value is 1.13. The van der Waals surface area contributed by atoms with Crippen LogP contribution in [0.5, 0.6) is 0 Å². The molecule has 0 heterocycles. The third kappa shape index (κ3) is 4.39. The van der Waals surface area contributed by atoms with E-state index in [1.807, 2.05) is 0 Å². The summed E-state index contributed by atoms with van der Waals surface area (Å²) in [4.78, 5) is 0. The zero-order chi connectivity index (χ0) is 9.99. The molecular weight excluding hydrogens is 376 g/mol. The minimum absolute atomic E-state index is 0.00676. The van der Waals surface area contributed by atoms with E-state index < -0.39 is 0 Å². The Kier molecular flexibility index (Phi) is 5.00. The fraction of sp³-hybridized carbons (Fsp3) is 0.889. The van der Waals surface area contributed by atoms with E-state index in [4.69, 9.17) is 0 Å². The van der Waals surface area contributed by atoms with E-state index in [-0.39, 0.29) is 28.3 Å². The van der Waals surface area contributed by atoms with Crippen LogP contribution in [0.2, 0.25) is 0 Å². The average Bonchev–Trinajstić information content (AvgIpc) is 1.77. The summed E-state index contributed by atoms with van der Waals surface area (Å²) in [5.74, 6) is 0. The molecule has 74 valence electrons. The molecule has 0 fully saturated rings. The van der Waals surface area contributed by atoms with Crippen LogP contribution < -0.4 is 17.5 Å². The molecule has 0 aromatic heterocycles. The van der Waals surface area contributed by atoms with Gasteiger partial charge in [-0.15, -0.1) is 0 Å². The third-order valence-electron chi connectivity index (χ3n) is 1.54. The second-order valence-electron chi connectivity index (χ2n) is 5.00. The second-order valence-corrected chi connectivity index (χ2v) is 8.29. The van der Waals surface area contributed by atoms with Crippen molar-refractivity contribution in [3.63, 3.8) is 0 Å². The van der Waals surface area contributed by atoms with Crippen LogP contribution >= 0.6 is 18.6 Å². The van der Waals surface area contributed by atoms with Crippen molar-refractivity contribution in [1.82, 2.24) is 0 Å². The standard InChI is InChI=1S/C9H18I2N/c1-8(2,3)7(12-11-10)9(4,5)6/h1-6H3/q-1. The summed E-state index contributed by atoms with van der Waals surface area (Å²) < 4.78 is 4.68. The fourth-order valence-corrected chi connectivity index (χ4v) is 4.26. The van der Waals surface area contributed by atoms with E-state index in [0.29, 0.717) is 0 Å². The molecule has 0 aliphatic carbocycles. The molecule has 0 aromatic rings. The van der Waals surface area contributed by atoms with Gasteiger partial charge in [0, 0.05) is 0 Å². The Morgan fingerprint density at radius 1 is 1.00 bits per heavy atom. The molecule has 0 aliphatic rings. The Bertz CT molecular complexity index is 156. The zero-order valence-electron chi connectivity index (χ0n) is 8.70. The van der Waals surface area contributed by atoms with Gasteiger partial charge in [-0.3, -0.25) is 0 Å². The van der Waals surface area contributed by atoms with Crippen molar-refractivity contribution >= 4 is 24.3 Å². The van der Waals surface area contributed by atoms with Gasteiger partial charge in [0.1, 0.15) is 0 Å². The number of hydrogen-bond acceptors (Lipinski definition) is 1. The summed E-state index contributed by atoms with van der Waals surface area (Å²) in [7, 11) is 0. The van der Waals surface area contributed by atoms with Crippen molar-refractivity contribution in [3.05, 3.63) is 0 Å². The van der Waals surface area contributed by atoms with E-state index in [9.17, 15) is 0 Å². The van der Waals surface area contributed by atoms with E-state index in [2.05, 4.69) is 63.4 Å². The first kappa shape index (κ1) is 13.1. The third-order valence-corrected chi connectivity index (χ3v) is 3.43. The summed E-state index contributed by atoms with van der Waals surface area (Å²) in [5.41, 5.74) is 1.81. The van der Waals surface area contributed by atoms with E-state index in [1.54, 1.807) is 0 Å². The van der Waals surface area contributed by atoms with E-state index >= 15 is 0 Å². The Labute approximate surface area is 96.6 Å². The topological polar surface area (TPSA) is 12.4 Å². The molecule has 0 aliphatic heterocycles. The molecule has 0 saturated heterocycles. The van der Waals surface area contributed by atoms with E-state index in [0.717, 1.165) is 0 Å². The molecule has 0 bridgehead atoms. The Morgan fingerprint density at radius 2 is 1.33 bits per heavy atom. The maximum atomic E-state index is 4.68. The van der Waals surface area contributed by atoms with Gasteiger partial charge in [0.15, 0.2) is 0 Å². The predicted molar refractivity (Wildman–Crippen MR) is 60.4 cm³/mol. The van der Waals surface area contributed by atoms with Gasteiger partial charge in [-0.1, -0.05) is 0 Å². The summed E-state index contributed by atoms with van der Waals surface area (Å²) in [6, 6.07) is 0. The summed E-state index contributed by atoms with van der Waals surface area (Å²) >= 11 is 2.40. The van der Waals surface area contributed by atoms with Gasteiger partial charge < -0.3 is 0 Å². The van der Waals surface area contributed by atoms with Crippen LogP contribution in [-0.4, -0.2) is 5.71 Å². The van der Waals surface area contributed by atoms with Crippen molar-refractivity contribution in [2.45, 2.75) is 41.5 Å². The van der Waals surface area contributed by atoms with Crippen molar-refractivity contribution < 1.29 is 17.5 Å². The molecule has 3 heteroatoms. The SMILES string of the molecule is CC(C)(C)C(=N[I-]I)C(C)(C)C. The predicted octanol–water partition coefficient (Wildman–Crippen LogP) is 0.874. The summed E-state index contributed by atoms with van der Waals surface area (Å²) in [5, 5.41) is 0. The molecular formula is C9H18I2N-. The average molecular weight is 394 g/mol. The molecule has 0 radical (unpaired) electrons. The Balaban J connectivity index is 4.83. The van der Waals surface area contributed by atoms with Crippen LogP contribution in [0.4, 0.5) is 0 Å². The van der Waals surface area contributed by atoms with Crippen LogP contribution in [0.15, 0.2) is 3.21 Å². The van der Waals surface area contributed by atoms with Gasteiger partial charge in [0.25, 0.3) is 0 Å².